The summed E-state index contributed by atoms with van der Waals surface area (Å²) in [6, 6.07) is 7.86. The van der Waals surface area contributed by atoms with E-state index in [0.29, 0.717) is 19.9 Å². The summed E-state index contributed by atoms with van der Waals surface area (Å²) < 4.78 is 5.66. The van der Waals surface area contributed by atoms with Gasteiger partial charge >= 0.3 is 0 Å². The molecule has 0 bridgehead atoms. The highest BCUT2D eigenvalue weighted by Gasteiger charge is 2.10. The summed E-state index contributed by atoms with van der Waals surface area (Å²) in [6.07, 6.45) is 1.44. The minimum Gasteiger partial charge on any atom is -0.504 e. The van der Waals surface area contributed by atoms with E-state index in [1.54, 1.807) is 18.2 Å². The molecule has 0 aliphatic heterocycles. The number of phenolic OH excluding ortho intramolecular Hbond substituents is 1. The molecule has 2 rings (SSSR count). The summed E-state index contributed by atoms with van der Waals surface area (Å²) >= 11 is 13.7. The third-order valence-electron chi connectivity index (χ3n) is 2.83. The highest BCUT2D eigenvalue weighted by molar-refractivity contribution is 14.1. The van der Waals surface area contributed by atoms with Gasteiger partial charge in [0.05, 0.1) is 27.5 Å². The minimum absolute atomic E-state index is 0.0576. The third-order valence-corrected chi connectivity index (χ3v) is 4.20. The minimum atomic E-state index is -0.455. The Morgan fingerprint density at radius 2 is 2.09 bits per heavy atom. The first-order valence-electron chi connectivity index (χ1n) is 6.27. The van der Waals surface area contributed by atoms with Crippen molar-refractivity contribution in [2.24, 2.45) is 5.10 Å². The fraction of sp³-hybridized carbons (Fsp3) is 0.0667. The lowest BCUT2D eigenvalue weighted by atomic mass is 10.2. The van der Waals surface area contributed by atoms with Gasteiger partial charge in [-0.2, -0.15) is 5.10 Å². The van der Waals surface area contributed by atoms with Crippen LogP contribution in [0.25, 0.3) is 0 Å². The second-order valence-corrected chi connectivity index (χ2v) is 6.38. The number of methoxy groups -OCH3 is 1. The van der Waals surface area contributed by atoms with Crippen LogP contribution in [-0.2, 0) is 0 Å². The monoisotopic (exact) mass is 464 g/mol. The van der Waals surface area contributed by atoms with Crippen LogP contribution in [-0.4, -0.2) is 24.3 Å². The van der Waals surface area contributed by atoms with Crippen LogP contribution in [0.15, 0.2) is 35.4 Å². The molecule has 0 spiro atoms. The van der Waals surface area contributed by atoms with Crippen molar-refractivity contribution < 1.29 is 14.6 Å². The number of aromatic hydroxyl groups is 1. The van der Waals surface area contributed by atoms with E-state index < -0.39 is 5.91 Å². The van der Waals surface area contributed by atoms with Gasteiger partial charge in [0, 0.05) is 5.02 Å². The van der Waals surface area contributed by atoms with Crippen LogP contribution in [0.5, 0.6) is 11.5 Å². The van der Waals surface area contributed by atoms with Gasteiger partial charge in [0.2, 0.25) is 0 Å². The van der Waals surface area contributed by atoms with E-state index in [2.05, 4.69) is 10.5 Å². The van der Waals surface area contributed by atoms with E-state index in [0.717, 1.165) is 0 Å². The van der Waals surface area contributed by atoms with E-state index in [9.17, 15) is 9.90 Å². The Kier molecular flexibility index (Phi) is 6.09. The lowest BCUT2D eigenvalue weighted by Crippen LogP contribution is -2.18. The molecular weight excluding hydrogens is 454 g/mol. The standard InChI is InChI=1S/C15H11Cl2IN2O3/c1-23-13-5-8(4-12(18)14(13)21)7-19-20-15(22)10-3-2-9(16)6-11(10)17/h2-7,21H,1H3,(H,20,22)/b19-7-. The quantitative estimate of drug-likeness (QED) is 0.407. The maximum absolute atomic E-state index is 12.0. The zero-order chi connectivity index (χ0) is 17.0. The van der Waals surface area contributed by atoms with Crippen LogP contribution in [0.3, 0.4) is 0 Å². The number of hydrogen-bond donors (Lipinski definition) is 2. The Morgan fingerprint density at radius 3 is 2.74 bits per heavy atom. The largest absolute Gasteiger partial charge is 0.504 e. The van der Waals surface area contributed by atoms with E-state index in [-0.39, 0.29) is 16.3 Å². The molecule has 2 N–H and O–H groups in total. The Balaban J connectivity index is 2.12. The molecule has 0 atom stereocenters. The summed E-state index contributed by atoms with van der Waals surface area (Å²) in [4.78, 5) is 12.0. The van der Waals surface area contributed by atoms with Crippen molar-refractivity contribution in [1.29, 1.82) is 0 Å². The summed E-state index contributed by atoms with van der Waals surface area (Å²) in [6.45, 7) is 0. The number of carbonyl (C=O) groups is 1. The van der Waals surface area contributed by atoms with Crippen LogP contribution in [0, 0.1) is 3.57 Å². The summed E-state index contributed by atoms with van der Waals surface area (Å²) in [7, 11) is 1.45. The van der Waals surface area contributed by atoms with E-state index >= 15 is 0 Å². The van der Waals surface area contributed by atoms with Gasteiger partial charge in [0.25, 0.3) is 5.91 Å². The van der Waals surface area contributed by atoms with Gasteiger partial charge in [0.1, 0.15) is 0 Å². The number of benzene rings is 2. The Morgan fingerprint density at radius 1 is 1.35 bits per heavy atom. The highest BCUT2D eigenvalue weighted by atomic mass is 127. The number of nitrogens with zero attached hydrogens (tertiary/aromatic N) is 1. The molecule has 2 aromatic carbocycles. The molecule has 120 valence electrons. The van der Waals surface area contributed by atoms with Crippen LogP contribution in [0.2, 0.25) is 10.0 Å². The summed E-state index contributed by atoms with van der Waals surface area (Å²) in [5.41, 5.74) is 3.30. The average molecular weight is 465 g/mol. The number of amides is 1. The first kappa shape index (κ1) is 17.8. The molecule has 0 aromatic heterocycles. The van der Waals surface area contributed by atoms with Crippen LogP contribution < -0.4 is 10.2 Å². The molecule has 5 nitrogen and oxygen atoms in total. The second-order valence-electron chi connectivity index (χ2n) is 4.38. The molecular formula is C15H11Cl2IN2O3. The molecule has 23 heavy (non-hydrogen) atoms. The van der Waals surface area contributed by atoms with E-state index in [1.165, 1.54) is 25.5 Å². The average Bonchev–Trinajstić information content (AvgIpc) is 2.50. The van der Waals surface area contributed by atoms with Gasteiger partial charge in [-0.1, -0.05) is 23.2 Å². The number of nitrogens with one attached hydrogen (secondary N) is 1. The second kappa shape index (κ2) is 7.85. The predicted molar refractivity (Wildman–Crippen MR) is 98.9 cm³/mol. The summed E-state index contributed by atoms with van der Waals surface area (Å²) in [5.74, 6) is -0.0731. The van der Waals surface area contributed by atoms with E-state index in [4.69, 9.17) is 27.9 Å². The van der Waals surface area contributed by atoms with Crippen molar-refractivity contribution in [2.45, 2.75) is 0 Å². The maximum atomic E-state index is 12.0. The number of hydrazone groups is 1. The van der Waals surface area contributed by atoms with Crippen LogP contribution in [0.1, 0.15) is 15.9 Å². The number of phenols is 1. The first-order valence-corrected chi connectivity index (χ1v) is 8.10. The zero-order valence-corrected chi connectivity index (χ0v) is 15.5. The normalized spacial score (nSPS) is 10.8. The topological polar surface area (TPSA) is 70.9 Å². The van der Waals surface area contributed by atoms with Crippen molar-refractivity contribution in [3.8, 4) is 11.5 Å². The molecule has 8 heteroatoms. The van der Waals surface area contributed by atoms with Gasteiger partial charge in [-0.05, 0) is 58.5 Å². The van der Waals surface area contributed by atoms with Gasteiger partial charge in [-0.3, -0.25) is 4.79 Å². The van der Waals surface area contributed by atoms with Crippen molar-refractivity contribution in [2.75, 3.05) is 7.11 Å². The number of halogens is 3. The first-order chi connectivity index (χ1) is 10.9. The van der Waals surface area contributed by atoms with Gasteiger partial charge in [-0.25, -0.2) is 5.43 Å². The smallest absolute Gasteiger partial charge is 0.272 e. The Hall–Kier alpha value is -1.51. The molecule has 1 amide bonds. The Labute approximate surface area is 156 Å². The molecule has 0 saturated carbocycles. The number of ether oxygens (including phenoxy) is 1. The van der Waals surface area contributed by atoms with Crippen molar-refractivity contribution >= 4 is 57.9 Å². The van der Waals surface area contributed by atoms with Crippen molar-refractivity contribution in [1.82, 2.24) is 5.43 Å². The predicted octanol–water partition coefficient (Wildman–Crippen LogP) is 4.08. The molecule has 0 fully saturated rings. The van der Waals surface area contributed by atoms with E-state index in [1.807, 2.05) is 22.6 Å². The number of rotatable bonds is 4. The third kappa shape index (κ3) is 4.49. The molecule has 0 unspecified atom stereocenters. The fourth-order valence-corrected chi connectivity index (χ4v) is 2.84. The van der Waals surface area contributed by atoms with Crippen molar-refractivity contribution in [3.05, 3.63) is 55.1 Å². The Bertz CT molecular complexity index is 782. The zero-order valence-electron chi connectivity index (χ0n) is 11.8. The molecule has 0 saturated heterocycles. The molecule has 0 radical (unpaired) electrons. The van der Waals surface area contributed by atoms with Crippen LogP contribution >= 0.6 is 45.8 Å². The number of carbonyl (C=O) groups excluding carboxylic acids is 1. The molecule has 0 heterocycles. The van der Waals surface area contributed by atoms with Gasteiger partial charge in [-0.15, -0.1) is 0 Å². The SMILES string of the molecule is COc1cc(/C=N\NC(=O)c2ccc(Cl)cc2Cl)cc(I)c1O. The summed E-state index contributed by atoms with van der Waals surface area (Å²) in [5, 5.41) is 14.3. The fourth-order valence-electron chi connectivity index (χ4n) is 1.72. The molecule has 2 aromatic rings. The van der Waals surface area contributed by atoms with Crippen molar-refractivity contribution in [3.63, 3.8) is 0 Å². The lowest BCUT2D eigenvalue weighted by molar-refractivity contribution is 0.0955. The highest BCUT2D eigenvalue weighted by Crippen LogP contribution is 2.31. The lowest BCUT2D eigenvalue weighted by Gasteiger charge is -2.06. The van der Waals surface area contributed by atoms with Crippen LogP contribution in [0.4, 0.5) is 0 Å². The van der Waals surface area contributed by atoms with Gasteiger partial charge < -0.3 is 9.84 Å². The van der Waals surface area contributed by atoms with Gasteiger partial charge in [0.15, 0.2) is 11.5 Å². The molecule has 0 aliphatic rings. The molecule has 0 aliphatic carbocycles. The maximum Gasteiger partial charge on any atom is 0.272 e. The number of hydrogen-bond acceptors (Lipinski definition) is 4.